The Labute approximate surface area is 165 Å². The van der Waals surface area contributed by atoms with Crippen LogP contribution in [0, 0.1) is 5.82 Å². The molecule has 0 saturated carbocycles. The molecule has 0 aliphatic rings. The van der Waals surface area contributed by atoms with Crippen LogP contribution >= 0.6 is 22.9 Å². The number of thiophene rings is 1. The van der Waals surface area contributed by atoms with Crippen LogP contribution in [0.1, 0.15) is 20.0 Å². The molecule has 0 radical (unpaired) electrons. The van der Waals surface area contributed by atoms with E-state index in [2.05, 4.69) is 10.6 Å². The summed E-state index contributed by atoms with van der Waals surface area (Å²) in [4.78, 5) is 25.3. The van der Waals surface area contributed by atoms with Gasteiger partial charge in [-0.2, -0.15) is 0 Å². The van der Waals surface area contributed by atoms with E-state index < -0.39 is 0 Å². The van der Waals surface area contributed by atoms with Crippen LogP contribution in [0.3, 0.4) is 0 Å². The predicted octanol–water partition coefficient (Wildman–Crippen LogP) is 4.37. The lowest BCUT2D eigenvalue weighted by Gasteiger charge is -2.06. The molecule has 0 bridgehead atoms. The zero-order valence-corrected chi connectivity index (χ0v) is 15.7. The molecule has 2 amide bonds. The van der Waals surface area contributed by atoms with Crippen molar-refractivity contribution in [2.24, 2.45) is 0 Å². The van der Waals surface area contributed by atoms with Crippen LogP contribution < -0.4 is 10.6 Å². The standard InChI is InChI=1S/C20H16ClFN2O2S/c21-14-7-5-13(6-8-14)19(25)23-11-12-24-20(26)18-10-9-17(27-18)15-3-1-2-4-16(15)22/h1-10H,11-12H2,(H,23,25)(H,24,26). The van der Waals surface area contributed by atoms with E-state index in [4.69, 9.17) is 11.6 Å². The third kappa shape index (κ3) is 4.93. The van der Waals surface area contributed by atoms with Gasteiger partial charge in [0.25, 0.3) is 11.8 Å². The fraction of sp³-hybridized carbons (Fsp3) is 0.100. The van der Waals surface area contributed by atoms with Crippen LogP contribution in [0.15, 0.2) is 60.7 Å². The molecule has 2 N–H and O–H groups in total. The molecule has 2 aromatic carbocycles. The monoisotopic (exact) mass is 402 g/mol. The lowest BCUT2D eigenvalue weighted by atomic mass is 10.2. The normalized spacial score (nSPS) is 10.4. The number of carbonyl (C=O) groups is 2. The van der Waals surface area contributed by atoms with Crippen LogP contribution in [-0.2, 0) is 0 Å². The second-order valence-corrected chi connectivity index (χ2v) is 7.18. The van der Waals surface area contributed by atoms with Crippen LogP contribution in [0.4, 0.5) is 4.39 Å². The van der Waals surface area contributed by atoms with Crippen LogP contribution in [0.2, 0.25) is 5.02 Å². The summed E-state index contributed by atoms with van der Waals surface area (Å²) in [6, 6.07) is 16.4. The van der Waals surface area contributed by atoms with Gasteiger partial charge in [-0.3, -0.25) is 9.59 Å². The van der Waals surface area contributed by atoms with Gasteiger partial charge in [0.05, 0.1) is 4.88 Å². The number of hydrogen-bond donors (Lipinski definition) is 2. The summed E-state index contributed by atoms with van der Waals surface area (Å²) < 4.78 is 13.8. The van der Waals surface area contributed by atoms with E-state index in [1.807, 2.05) is 0 Å². The second-order valence-electron chi connectivity index (χ2n) is 5.66. The molecule has 0 spiro atoms. The Morgan fingerprint density at radius 2 is 1.56 bits per heavy atom. The average Bonchev–Trinajstić information content (AvgIpc) is 3.16. The largest absolute Gasteiger partial charge is 0.350 e. The Morgan fingerprint density at radius 3 is 2.26 bits per heavy atom. The molecular weight excluding hydrogens is 387 g/mol. The minimum Gasteiger partial charge on any atom is -0.350 e. The molecule has 7 heteroatoms. The molecule has 0 atom stereocenters. The first-order valence-corrected chi connectivity index (χ1v) is 9.41. The van der Waals surface area contributed by atoms with Gasteiger partial charge in [-0.05, 0) is 42.5 Å². The number of rotatable bonds is 6. The molecule has 138 valence electrons. The van der Waals surface area contributed by atoms with Gasteiger partial charge in [-0.25, -0.2) is 4.39 Å². The van der Waals surface area contributed by atoms with Crippen molar-refractivity contribution < 1.29 is 14.0 Å². The maximum absolute atomic E-state index is 13.8. The van der Waals surface area contributed by atoms with Gasteiger partial charge in [0.1, 0.15) is 5.82 Å². The molecular formula is C20H16ClFN2O2S. The lowest BCUT2D eigenvalue weighted by Crippen LogP contribution is -2.34. The van der Waals surface area contributed by atoms with E-state index in [-0.39, 0.29) is 24.2 Å². The van der Waals surface area contributed by atoms with E-state index in [0.717, 1.165) is 0 Å². The summed E-state index contributed by atoms with van der Waals surface area (Å²) in [6.07, 6.45) is 0. The lowest BCUT2D eigenvalue weighted by molar-refractivity contribution is 0.0929. The van der Waals surface area contributed by atoms with Crippen molar-refractivity contribution in [1.29, 1.82) is 0 Å². The first-order chi connectivity index (χ1) is 13.0. The zero-order valence-electron chi connectivity index (χ0n) is 14.2. The highest BCUT2D eigenvalue weighted by atomic mass is 35.5. The van der Waals surface area contributed by atoms with E-state index in [1.54, 1.807) is 54.6 Å². The summed E-state index contributed by atoms with van der Waals surface area (Å²) in [5.41, 5.74) is 0.968. The fourth-order valence-electron chi connectivity index (χ4n) is 2.41. The molecule has 0 unspecified atom stereocenters. The highest BCUT2D eigenvalue weighted by molar-refractivity contribution is 7.17. The topological polar surface area (TPSA) is 58.2 Å². The summed E-state index contributed by atoms with van der Waals surface area (Å²) in [6.45, 7) is 0.573. The smallest absolute Gasteiger partial charge is 0.261 e. The number of nitrogens with one attached hydrogen (secondary N) is 2. The van der Waals surface area contributed by atoms with Gasteiger partial charge in [0, 0.05) is 34.1 Å². The Morgan fingerprint density at radius 1 is 0.889 bits per heavy atom. The minimum atomic E-state index is -0.323. The Bertz CT molecular complexity index is 957. The van der Waals surface area contributed by atoms with Crippen LogP contribution in [0.5, 0.6) is 0 Å². The number of benzene rings is 2. The van der Waals surface area contributed by atoms with Gasteiger partial charge in [-0.15, -0.1) is 11.3 Å². The molecule has 3 aromatic rings. The molecule has 1 aromatic heterocycles. The second kappa shape index (κ2) is 8.79. The highest BCUT2D eigenvalue weighted by Crippen LogP contribution is 2.29. The van der Waals surface area contributed by atoms with Crippen molar-refractivity contribution in [3.63, 3.8) is 0 Å². The van der Waals surface area contributed by atoms with Crippen molar-refractivity contribution in [3.8, 4) is 10.4 Å². The number of amides is 2. The maximum Gasteiger partial charge on any atom is 0.261 e. The average molecular weight is 403 g/mol. The summed E-state index contributed by atoms with van der Waals surface area (Å²) in [5, 5.41) is 6.02. The van der Waals surface area contributed by atoms with E-state index in [1.165, 1.54) is 17.4 Å². The summed E-state index contributed by atoms with van der Waals surface area (Å²) in [7, 11) is 0. The fourth-order valence-corrected chi connectivity index (χ4v) is 3.48. The molecule has 27 heavy (non-hydrogen) atoms. The third-order valence-corrected chi connectivity index (χ3v) is 5.14. The van der Waals surface area contributed by atoms with E-state index in [9.17, 15) is 14.0 Å². The molecule has 1 heterocycles. The van der Waals surface area contributed by atoms with Crippen molar-refractivity contribution >= 4 is 34.8 Å². The van der Waals surface area contributed by atoms with Gasteiger partial charge < -0.3 is 10.6 Å². The van der Waals surface area contributed by atoms with Crippen molar-refractivity contribution in [2.45, 2.75) is 0 Å². The molecule has 0 fully saturated rings. The van der Waals surface area contributed by atoms with Crippen LogP contribution in [0.25, 0.3) is 10.4 Å². The van der Waals surface area contributed by atoms with Gasteiger partial charge in [0.2, 0.25) is 0 Å². The summed E-state index contributed by atoms with van der Waals surface area (Å²) in [5.74, 6) is -0.821. The Hall–Kier alpha value is -2.70. The molecule has 0 saturated heterocycles. The zero-order chi connectivity index (χ0) is 19.2. The van der Waals surface area contributed by atoms with Gasteiger partial charge in [0.15, 0.2) is 0 Å². The quantitative estimate of drug-likeness (QED) is 0.601. The first-order valence-electron chi connectivity index (χ1n) is 8.21. The van der Waals surface area contributed by atoms with Crippen molar-refractivity contribution in [2.75, 3.05) is 13.1 Å². The van der Waals surface area contributed by atoms with Crippen LogP contribution in [-0.4, -0.2) is 24.9 Å². The van der Waals surface area contributed by atoms with Gasteiger partial charge in [-0.1, -0.05) is 29.8 Å². The van der Waals surface area contributed by atoms with E-state index in [0.29, 0.717) is 32.4 Å². The third-order valence-electron chi connectivity index (χ3n) is 3.77. The predicted molar refractivity (Wildman–Crippen MR) is 106 cm³/mol. The molecule has 3 rings (SSSR count). The number of halogens is 2. The first kappa shape index (κ1) is 19.1. The van der Waals surface area contributed by atoms with Crippen molar-refractivity contribution in [3.05, 3.63) is 81.9 Å². The highest BCUT2D eigenvalue weighted by Gasteiger charge is 2.12. The Balaban J connectivity index is 1.49. The number of hydrogen-bond acceptors (Lipinski definition) is 3. The maximum atomic E-state index is 13.8. The SMILES string of the molecule is O=C(NCCNC(=O)c1ccc(-c2ccccc2F)s1)c1ccc(Cl)cc1. The number of carbonyl (C=O) groups excluding carboxylic acids is 2. The van der Waals surface area contributed by atoms with E-state index >= 15 is 0 Å². The molecule has 4 nitrogen and oxygen atoms in total. The summed E-state index contributed by atoms with van der Waals surface area (Å²) >= 11 is 7.01. The molecule has 0 aliphatic heterocycles. The van der Waals surface area contributed by atoms with Crippen molar-refractivity contribution in [1.82, 2.24) is 10.6 Å². The van der Waals surface area contributed by atoms with Gasteiger partial charge >= 0.3 is 0 Å². The Kier molecular flexibility index (Phi) is 6.21. The molecule has 0 aliphatic carbocycles. The minimum absolute atomic E-state index is 0.237.